The first kappa shape index (κ1) is 26.9. The second-order valence-electron chi connectivity index (χ2n) is 10.00. The topological polar surface area (TPSA) is 277 Å². The van der Waals surface area contributed by atoms with Gasteiger partial charge in [-0.15, -0.1) is 0 Å². The minimum absolute atomic E-state index is 0.191. The Morgan fingerprint density at radius 2 is 0.933 bits per heavy atom. The van der Waals surface area contributed by atoms with Crippen molar-refractivity contribution in [3.8, 4) is 23.0 Å². The lowest BCUT2D eigenvalue weighted by molar-refractivity contribution is 0.371. The number of aromatic amines is 4. The monoisotopic (exact) mass is 610 g/mol. The molecule has 0 aliphatic carbocycles. The summed E-state index contributed by atoms with van der Waals surface area (Å²) in [4.78, 5) is 102. The van der Waals surface area contributed by atoms with Crippen molar-refractivity contribution in [3.05, 3.63) is 109 Å². The van der Waals surface area contributed by atoms with Crippen LogP contribution >= 0.6 is 0 Å². The normalized spacial score (nSPS) is 11.6. The summed E-state index contributed by atoms with van der Waals surface area (Å²) in [5.41, 5.74) is -10.5. The zero-order chi connectivity index (χ0) is 32.1. The number of phenols is 4. The van der Waals surface area contributed by atoms with Gasteiger partial charge in [-0.05, 0) is 35.0 Å². The molecule has 16 heteroatoms. The summed E-state index contributed by atoms with van der Waals surface area (Å²) in [6.07, 6.45) is 0. The zero-order valence-corrected chi connectivity index (χ0v) is 22.0. The molecule has 0 spiro atoms. The number of fused-ring (bicyclic) bond motifs is 6. The number of rotatable bonds is 0. The van der Waals surface area contributed by atoms with Crippen LogP contribution in [0.3, 0.4) is 0 Å². The van der Waals surface area contributed by atoms with E-state index in [4.69, 9.17) is 4.52 Å². The minimum atomic E-state index is -1.55. The SMILES string of the molecule is O=c1[nH]c2c3[nH]c(=O)c4c(O)c(O)c1cc4ccc(=O)c3c1c(=O)o[nH]c(=O)c3cc4ccc(=O)c2c1[nH]c(=O)c4c(O)c3O. The van der Waals surface area contributed by atoms with Crippen LogP contribution in [0, 0.1) is 0 Å². The van der Waals surface area contributed by atoms with E-state index in [1.165, 1.54) is 0 Å². The molecule has 0 aliphatic rings. The minimum Gasteiger partial charge on any atom is -0.504 e. The lowest BCUT2D eigenvalue weighted by Crippen LogP contribution is -2.15. The summed E-state index contributed by atoms with van der Waals surface area (Å²) in [6.45, 7) is 0. The Labute approximate surface area is 242 Å². The van der Waals surface area contributed by atoms with Crippen LogP contribution < -0.4 is 38.7 Å². The molecule has 8 N–H and O–H groups in total. The predicted molar refractivity (Wildman–Crippen MR) is 161 cm³/mol. The first-order valence-corrected chi connectivity index (χ1v) is 12.7. The summed E-state index contributed by atoms with van der Waals surface area (Å²) in [5, 5.41) is 39.0. The van der Waals surface area contributed by atoms with Crippen molar-refractivity contribution in [2.75, 3.05) is 0 Å². The predicted octanol–water partition coefficient (Wildman–Crippen LogP) is 0.417. The summed E-state index contributed by atoms with van der Waals surface area (Å²) < 4.78 is 4.92. The molecule has 9 aromatic rings. The summed E-state index contributed by atoms with van der Waals surface area (Å²) in [6, 6.07) is 5.63. The molecule has 0 fully saturated rings. The van der Waals surface area contributed by atoms with Crippen LogP contribution in [0.25, 0.3) is 65.0 Å². The summed E-state index contributed by atoms with van der Waals surface area (Å²) in [5.74, 6) is -4.15. The number of aromatic nitrogens is 4. The average Bonchev–Trinajstić information content (AvgIpc) is 3.07. The van der Waals surface area contributed by atoms with E-state index in [0.717, 1.165) is 36.4 Å². The molecule has 222 valence electrons. The van der Waals surface area contributed by atoms with Gasteiger partial charge in [-0.25, -0.2) is 4.79 Å². The first-order valence-electron chi connectivity index (χ1n) is 12.7. The molecule has 6 aromatic heterocycles. The Bertz CT molecular complexity index is 3030. The first-order chi connectivity index (χ1) is 21.4. The number of H-pyrrole nitrogens is 4. The number of benzene rings is 3. The molecule has 0 saturated heterocycles. The van der Waals surface area contributed by atoms with Crippen molar-refractivity contribution in [3.63, 3.8) is 0 Å². The molecule has 9 rings (SSSR count). The third-order valence-electron chi connectivity index (χ3n) is 7.53. The average molecular weight is 610 g/mol. The summed E-state index contributed by atoms with van der Waals surface area (Å²) in [7, 11) is 0. The molecule has 0 amide bonds. The van der Waals surface area contributed by atoms with Crippen molar-refractivity contribution >= 4 is 65.0 Å². The van der Waals surface area contributed by atoms with Crippen molar-refractivity contribution in [1.82, 2.24) is 20.1 Å². The maximum atomic E-state index is 13.9. The molecule has 6 heterocycles. The second-order valence-corrected chi connectivity index (χ2v) is 10.00. The van der Waals surface area contributed by atoms with E-state index in [0.29, 0.717) is 0 Å². The Balaban J connectivity index is 2.08. The van der Waals surface area contributed by atoms with E-state index in [-0.39, 0.29) is 10.8 Å². The standard InChI is InChI=1S/C29H14N4O12/c34-11-3-1-7-5-9-21(36)23(38)14(7)28(43)32-19-15(11)17-18-16(20(19)31-25(9)40)12(35)4-2-8-6-10(26(41)33-45-29(17)44)22(37)24(39)13(8)27(42)30-18/h1-6,36-39H,(H,30,42)(H,31,40)(H,32,43)(H,33,41). The smallest absolute Gasteiger partial charge is 0.365 e. The highest BCUT2D eigenvalue weighted by atomic mass is 16.5. The lowest BCUT2D eigenvalue weighted by atomic mass is 10.1. The highest BCUT2D eigenvalue weighted by molar-refractivity contribution is 6.21. The molecule has 8 bridgehead atoms. The Hall–Kier alpha value is -6.97. The second kappa shape index (κ2) is 9.01. The Kier molecular flexibility index (Phi) is 5.39. The van der Waals surface area contributed by atoms with Gasteiger partial charge in [-0.2, -0.15) is 5.16 Å². The fraction of sp³-hybridized carbons (Fsp3) is 0. The van der Waals surface area contributed by atoms with E-state index in [1.807, 2.05) is 0 Å². The van der Waals surface area contributed by atoms with Crippen LogP contribution in [-0.2, 0) is 0 Å². The van der Waals surface area contributed by atoms with E-state index < -0.39 is 116 Å². The number of hydrogen-bond donors (Lipinski definition) is 8. The highest BCUT2D eigenvalue weighted by Crippen LogP contribution is 2.36. The van der Waals surface area contributed by atoms with Crippen LogP contribution in [0.1, 0.15) is 0 Å². The number of nitrogens with one attached hydrogen (secondary N) is 4. The lowest BCUT2D eigenvalue weighted by Gasteiger charge is -2.06. The molecular formula is C29H14N4O12. The summed E-state index contributed by atoms with van der Waals surface area (Å²) >= 11 is 0. The van der Waals surface area contributed by atoms with E-state index in [2.05, 4.69) is 15.0 Å². The van der Waals surface area contributed by atoms with Gasteiger partial charge in [0.2, 0.25) is 0 Å². The van der Waals surface area contributed by atoms with E-state index >= 15 is 0 Å². The quantitative estimate of drug-likeness (QED) is 0.108. The Morgan fingerprint density at radius 3 is 1.51 bits per heavy atom. The highest BCUT2D eigenvalue weighted by Gasteiger charge is 2.21. The van der Waals surface area contributed by atoms with Crippen molar-refractivity contribution < 1.29 is 24.9 Å². The van der Waals surface area contributed by atoms with Crippen LogP contribution in [0.15, 0.2) is 74.5 Å². The molecule has 0 saturated carbocycles. The van der Waals surface area contributed by atoms with E-state index in [9.17, 15) is 54.0 Å². The molecule has 0 aliphatic heterocycles. The van der Waals surface area contributed by atoms with Gasteiger partial charge in [-0.3, -0.25) is 28.8 Å². The number of phenolic OH excluding ortho intramolecular Hbond substituents is 4. The van der Waals surface area contributed by atoms with Gasteiger partial charge in [0.05, 0.1) is 54.3 Å². The van der Waals surface area contributed by atoms with E-state index in [1.54, 1.807) is 5.16 Å². The largest absolute Gasteiger partial charge is 0.504 e. The van der Waals surface area contributed by atoms with Crippen LogP contribution in [0.5, 0.6) is 23.0 Å². The third kappa shape index (κ3) is 3.62. The van der Waals surface area contributed by atoms with Crippen molar-refractivity contribution in [2.45, 2.75) is 0 Å². The van der Waals surface area contributed by atoms with Gasteiger partial charge in [-0.1, -0.05) is 12.1 Å². The van der Waals surface area contributed by atoms with Crippen LogP contribution in [-0.4, -0.2) is 40.5 Å². The zero-order valence-electron chi connectivity index (χ0n) is 22.0. The molecule has 3 aromatic carbocycles. The van der Waals surface area contributed by atoms with Gasteiger partial charge >= 0.3 is 5.63 Å². The van der Waals surface area contributed by atoms with Crippen molar-refractivity contribution in [1.29, 1.82) is 0 Å². The fourth-order valence-electron chi connectivity index (χ4n) is 5.49. The van der Waals surface area contributed by atoms with Gasteiger partial charge < -0.3 is 39.9 Å². The maximum Gasteiger partial charge on any atom is 0.365 e. The van der Waals surface area contributed by atoms with Crippen LogP contribution in [0.4, 0.5) is 0 Å². The molecule has 16 nitrogen and oxygen atoms in total. The number of hydrogen-bond acceptors (Lipinski definition) is 12. The van der Waals surface area contributed by atoms with Gasteiger partial charge in [0.25, 0.3) is 22.2 Å². The molecule has 0 radical (unpaired) electrons. The molecule has 0 atom stereocenters. The van der Waals surface area contributed by atoms with Crippen molar-refractivity contribution in [2.24, 2.45) is 0 Å². The van der Waals surface area contributed by atoms with Gasteiger partial charge in [0.15, 0.2) is 33.9 Å². The third-order valence-corrected chi connectivity index (χ3v) is 7.53. The number of aromatic hydroxyl groups is 4. The molecular weight excluding hydrogens is 596 g/mol. The van der Waals surface area contributed by atoms with Gasteiger partial charge in [0, 0.05) is 0 Å². The fourth-order valence-corrected chi connectivity index (χ4v) is 5.49. The maximum absolute atomic E-state index is 13.9. The molecule has 0 unspecified atom stereocenters. The van der Waals surface area contributed by atoms with Crippen LogP contribution in [0.2, 0.25) is 0 Å². The van der Waals surface area contributed by atoms with Gasteiger partial charge in [0.1, 0.15) is 0 Å². The molecule has 45 heavy (non-hydrogen) atoms. The Morgan fingerprint density at radius 1 is 0.467 bits per heavy atom.